The second kappa shape index (κ2) is 4.27. The number of halogens is 1. The maximum absolute atomic E-state index is 10.6. The Bertz CT molecular complexity index is 716. The van der Waals surface area contributed by atoms with Gasteiger partial charge in [0.1, 0.15) is 11.8 Å². The van der Waals surface area contributed by atoms with Gasteiger partial charge in [0.15, 0.2) is 5.58 Å². The van der Waals surface area contributed by atoms with Gasteiger partial charge >= 0.3 is 0 Å². The average molecular weight is 258 g/mol. The van der Waals surface area contributed by atoms with E-state index in [0.29, 0.717) is 22.1 Å². The van der Waals surface area contributed by atoms with Crippen LogP contribution in [0.25, 0.3) is 22.6 Å². The smallest absolute Gasteiger partial charge is 0.227 e. The summed E-state index contributed by atoms with van der Waals surface area (Å²) in [6, 6.07) is 12.4. The van der Waals surface area contributed by atoms with Crippen LogP contribution in [0.1, 0.15) is 10.4 Å². The summed E-state index contributed by atoms with van der Waals surface area (Å²) in [6.45, 7) is 0. The number of rotatable bonds is 2. The Balaban J connectivity index is 2.10. The second-order valence-corrected chi connectivity index (χ2v) is 4.31. The molecule has 0 amide bonds. The summed E-state index contributed by atoms with van der Waals surface area (Å²) in [5.74, 6) is 0.518. The molecular weight excluding hydrogens is 250 g/mol. The summed E-state index contributed by atoms with van der Waals surface area (Å²) < 4.78 is 5.62. The lowest BCUT2D eigenvalue weighted by atomic mass is 10.1. The van der Waals surface area contributed by atoms with E-state index in [9.17, 15) is 4.79 Å². The molecule has 2 aromatic carbocycles. The fourth-order valence-corrected chi connectivity index (χ4v) is 1.89. The van der Waals surface area contributed by atoms with Crippen molar-refractivity contribution in [3.63, 3.8) is 0 Å². The van der Waals surface area contributed by atoms with E-state index in [1.807, 2.05) is 0 Å². The van der Waals surface area contributed by atoms with Gasteiger partial charge in [-0.1, -0.05) is 23.7 Å². The largest absolute Gasteiger partial charge is 0.436 e. The van der Waals surface area contributed by atoms with Crippen LogP contribution in [0.2, 0.25) is 5.02 Å². The van der Waals surface area contributed by atoms with Gasteiger partial charge in [-0.15, -0.1) is 0 Å². The topological polar surface area (TPSA) is 43.1 Å². The minimum atomic E-state index is 0.518. The van der Waals surface area contributed by atoms with Crippen LogP contribution in [0.3, 0.4) is 0 Å². The molecule has 4 heteroatoms. The standard InChI is InChI=1S/C14H8ClNO2/c15-11-5-6-13-12(7-11)16-14(18-13)10-3-1-9(8-17)2-4-10/h1-8H. The SMILES string of the molecule is O=Cc1ccc(-c2nc3cc(Cl)ccc3o2)cc1. The summed E-state index contributed by atoms with van der Waals surface area (Å²) in [5.41, 5.74) is 2.86. The monoisotopic (exact) mass is 257 g/mol. The Morgan fingerprint density at radius 3 is 2.61 bits per heavy atom. The normalized spacial score (nSPS) is 10.7. The van der Waals surface area contributed by atoms with Crippen LogP contribution in [0.5, 0.6) is 0 Å². The van der Waals surface area contributed by atoms with Crippen LogP contribution in [-0.4, -0.2) is 11.3 Å². The van der Waals surface area contributed by atoms with Crippen LogP contribution in [0, 0.1) is 0 Å². The Labute approximate surface area is 108 Å². The molecule has 0 saturated carbocycles. The minimum Gasteiger partial charge on any atom is -0.436 e. The number of hydrogen-bond donors (Lipinski definition) is 0. The lowest BCUT2D eigenvalue weighted by Gasteiger charge is -1.94. The van der Waals surface area contributed by atoms with Crippen molar-refractivity contribution in [2.24, 2.45) is 0 Å². The molecule has 0 radical (unpaired) electrons. The van der Waals surface area contributed by atoms with E-state index in [0.717, 1.165) is 17.4 Å². The van der Waals surface area contributed by atoms with E-state index in [4.69, 9.17) is 16.0 Å². The van der Waals surface area contributed by atoms with E-state index in [-0.39, 0.29) is 0 Å². The molecule has 0 atom stereocenters. The van der Waals surface area contributed by atoms with Crippen molar-refractivity contribution in [2.45, 2.75) is 0 Å². The predicted octanol–water partition coefficient (Wildman–Crippen LogP) is 3.96. The van der Waals surface area contributed by atoms with Crippen LogP contribution in [0.15, 0.2) is 46.9 Å². The van der Waals surface area contributed by atoms with Gasteiger partial charge in [0.2, 0.25) is 5.89 Å². The van der Waals surface area contributed by atoms with E-state index < -0.39 is 0 Å². The third-order valence-electron chi connectivity index (χ3n) is 2.64. The Morgan fingerprint density at radius 2 is 1.89 bits per heavy atom. The number of hydrogen-bond acceptors (Lipinski definition) is 3. The number of aromatic nitrogens is 1. The summed E-state index contributed by atoms with van der Waals surface area (Å²) in [7, 11) is 0. The first-order valence-corrected chi connectivity index (χ1v) is 5.76. The van der Waals surface area contributed by atoms with Gasteiger partial charge in [0.05, 0.1) is 0 Å². The summed E-state index contributed by atoms with van der Waals surface area (Å²) in [6.07, 6.45) is 0.801. The van der Waals surface area contributed by atoms with Crippen molar-refractivity contribution >= 4 is 29.0 Å². The third kappa shape index (κ3) is 1.89. The zero-order valence-corrected chi connectivity index (χ0v) is 10.0. The lowest BCUT2D eigenvalue weighted by Crippen LogP contribution is -1.80. The van der Waals surface area contributed by atoms with Crippen LogP contribution in [-0.2, 0) is 0 Å². The van der Waals surface area contributed by atoms with Gasteiger partial charge in [0, 0.05) is 16.1 Å². The van der Waals surface area contributed by atoms with Gasteiger partial charge in [-0.3, -0.25) is 4.79 Å². The van der Waals surface area contributed by atoms with Gasteiger partial charge in [0.25, 0.3) is 0 Å². The highest BCUT2D eigenvalue weighted by Crippen LogP contribution is 2.26. The van der Waals surface area contributed by atoms with Crippen molar-refractivity contribution in [1.29, 1.82) is 0 Å². The quantitative estimate of drug-likeness (QED) is 0.653. The van der Waals surface area contributed by atoms with Crippen molar-refractivity contribution < 1.29 is 9.21 Å². The number of fused-ring (bicyclic) bond motifs is 1. The van der Waals surface area contributed by atoms with Gasteiger partial charge < -0.3 is 4.42 Å². The van der Waals surface area contributed by atoms with Gasteiger partial charge in [-0.05, 0) is 30.3 Å². The zero-order valence-electron chi connectivity index (χ0n) is 9.26. The molecule has 0 aliphatic rings. The van der Waals surface area contributed by atoms with E-state index >= 15 is 0 Å². The first-order valence-electron chi connectivity index (χ1n) is 5.38. The fraction of sp³-hybridized carbons (Fsp3) is 0. The number of carbonyl (C=O) groups is 1. The van der Waals surface area contributed by atoms with Gasteiger partial charge in [-0.25, -0.2) is 4.98 Å². The molecule has 0 fully saturated rings. The summed E-state index contributed by atoms with van der Waals surface area (Å²) in [4.78, 5) is 14.9. The van der Waals surface area contributed by atoms with Crippen molar-refractivity contribution in [3.05, 3.63) is 53.1 Å². The van der Waals surface area contributed by atoms with E-state index in [1.54, 1.807) is 42.5 Å². The molecule has 88 valence electrons. The van der Waals surface area contributed by atoms with E-state index in [1.165, 1.54) is 0 Å². The average Bonchev–Trinajstić information content (AvgIpc) is 2.81. The molecule has 18 heavy (non-hydrogen) atoms. The maximum atomic E-state index is 10.6. The fourth-order valence-electron chi connectivity index (χ4n) is 1.73. The Kier molecular flexibility index (Phi) is 2.61. The number of carbonyl (C=O) groups excluding carboxylic acids is 1. The number of benzene rings is 2. The summed E-state index contributed by atoms with van der Waals surface area (Å²) >= 11 is 5.89. The maximum Gasteiger partial charge on any atom is 0.227 e. The third-order valence-corrected chi connectivity index (χ3v) is 2.88. The Morgan fingerprint density at radius 1 is 1.11 bits per heavy atom. The van der Waals surface area contributed by atoms with Crippen LogP contribution in [0.4, 0.5) is 0 Å². The molecule has 0 aliphatic heterocycles. The highest BCUT2D eigenvalue weighted by atomic mass is 35.5. The first-order chi connectivity index (χ1) is 8.76. The van der Waals surface area contributed by atoms with Crippen molar-refractivity contribution in [1.82, 2.24) is 4.98 Å². The lowest BCUT2D eigenvalue weighted by molar-refractivity contribution is 0.112. The minimum absolute atomic E-state index is 0.518. The van der Waals surface area contributed by atoms with Gasteiger partial charge in [-0.2, -0.15) is 0 Å². The van der Waals surface area contributed by atoms with Crippen LogP contribution >= 0.6 is 11.6 Å². The molecular formula is C14H8ClNO2. The summed E-state index contributed by atoms with van der Waals surface area (Å²) in [5, 5.41) is 0.624. The molecule has 0 saturated heterocycles. The number of nitrogens with zero attached hydrogens (tertiary/aromatic N) is 1. The number of oxazole rings is 1. The molecule has 3 rings (SSSR count). The molecule has 0 bridgehead atoms. The zero-order chi connectivity index (χ0) is 12.5. The molecule has 0 unspecified atom stereocenters. The highest BCUT2D eigenvalue weighted by molar-refractivity contribution is 6.31. The molecule has 0 aliphatic carbocycles. The van der Waals surface area contributed by atoms with Crippen molar-refractivity contribution in [3.8, 4) is 11.5 Å². The molecule has 1 aromatic heterocycles. The predicted molar refractivity (Wildman–Crippen MR) is 69.8 cm³/mol. The van der Waals surface area contributed by atoms with E-state index in [2.05, 4.69) is 4.98 Å². The molecule has 0 spiro atoms. The van der Waals surface area contributed by atoms with Crippen molar-refractivity contribution in [2.75, 3.05) is 0 Å². The first kappa shape index (κ1) is 11.0. The highest BCUT2D eigenvalue weighted by Gasteiger charge is 2.08. The Hall–Kier alpha value is -2.13. The molecule has 3 nitrogen and oxygen atoms in total. The molecule has 1 heterocycles. The second-order valence-electron chi connectivity index (χ2n) is 3.87. The van der Waals surface area contributed by atoms with Crippen LogP contribution < -0.4 is 0 Å². The molecule has 0 N–H and O–H groups in total. The molecule has 3 aromatic rings. The number of aldehydes is 1.